The topological polar surface area (TPSA) is 89.8 Å². The van der Waals surface area contributed by atoms with Gasteiger partial charge in [-0.15, -0.1) is 0 Å². The zero-order valence-electron chi connectivity index (χ0n) is 18.2. The Balaban J connectivity index is 1.37. The molecule has 33 heavy (non-hydrogen) atoms. The molecule has 1 aliphatic carbocycles. The van der Waals surface area contributed by atoms with Crippen molar-refractivity contribution in [2.75, 3.05) is 6.79 Å². The highest BCUT2D eigenvalue weighted by atomic mass is 16.7. The number of aromatic nitrogens is 1. The van der Waals surface area contributed by atoms with Crippen LogP contribution in [0.5, 0.6) is 0 Å². The van der Waals surface area contributed by atoms with Crippen molar-refractivity contribution in [3.05, 3.63) is 83.4 Å². The number of benzene rings is 2. The molecule has 2 aliphatic rings. The summed E-state index contributed by atoms with van der Waals surface area (Å²) in [5.74, 6) is -0.452. The van der Waals surface area contributed by atoms with Crippen molar-refractivity contribution in [2.24, 2.45) is 5.92 Å². The predicted molar refractivity (Wildman–Crippen MR) is 122 cm³/mol. The molecule has 7 nitrogen and oxygen atoms in total. The van der Waals surface area contributed by atoms with Gasteiger partial charge in [-0.2, -0.15) is 0 Å². The molecular formula is C26H26N2O5. The van der Waals surface area contributed by atoms with Crippen molar-refractivity contribution in [3.8, 4) is 0 Å². The monoisotopic (exact) mass is 446 g/mol. The average molecular weight is 447 g/mol. The summed E-state index contributed by atoms with van der Waals surface area (Å²) in [5.41, 5.74) is 4.12. The maximum absolute atomic E-state index is 13.4. The minimum atomic E-state index is -0.866. The van der Waals surface area contributed by atoms with Crippen molar-refractivity contribution in [1.29, 1.82) is 0 Å². The van der Waals surface area contributed by atoms with E-state index in [4.69, 9.17) is 9.47 Å². The van der Waals surface area contributed by atoms with E-state index in [-0.39, 0.29) is 31.2 Å². The highest BCUT2D eigenvalue weighted by Gasteiger charge is 2.32. The fourth-order valence-corrected chi connectivity index (χ4v) is 4.94. The molecule has 0 fully saturated rings. The lowest BCUT2D eigenvalue weighted by Crippen LogP contribution is -2.43. The van der Waals surface area contributed by atoms with Crippen LogP contribution in [-0.4, -0.2) is 34.4 Å². The second kappa shape index (κ2) is 9.02. The quantitative estimate of drug-likeness (QED) is 0.581. The summed E-state index contributed by atoms with van der Waals surface area (Å²) in [6, 6.07) is 17.5. The zero-order chi connectivity index (χ0) is 22.8. The van der Waals surface area contributed by atoms with Crippen LogP contribution >= 0.6 is 0 Å². The number of carbonyl (C=O) groups excluding carboxylic acids is 1. The van der Waals surface area contributed by atoms with Gasteiger partial charge < -0.3 is 24.5 Å². The molecular weight excluding hydrogens is 420 g/mol. The first-order valence-electron chi connectivity index (χ1n) is 11.2. The van der Waals surface area contributed by atoms with E-state index in [0.717, 1.165) is 27.7 Å². The summed E-state index contributed by atoms with van der Waals surface area (Å²) < 4.78 is 12.7. The molecule has 2 heterocycles. The van der Waals surface area contributed by atoms with Gasteiger partial charge in [0.15, 0.2) is 5.76 Å². The maximum Gasteiger partial charge on any atom is 0.323 e. The molecule has 1 aromatic heterocycles. The molecule has 0 saturated carbocycles. The second-order valence-corrected chi connectivity index (χ2v) is 8.56. The van der Waals surface area contributed by atoms with Crippen molar-refractivity contribution >= 4 is 22.8 Å². The first-order chi connectivity index (χ1) is 16.1. The van der Waals surface area contributed by atoms with E-state index in [2.05, 4.69) is 5.32 Å². The van der Waals surface area contributed by atoms with Crippen LogP contribution in [0.25, 0.3) is 10.9 Å². The van der Waals surface area contributed by atoms with E-state index < -0.39 is 5.97 Å². The summed E-state index contributed by atoms with van der Waals surface area (Å²) in [4.78, 5) is 24.8. The smallest absolute Gasteiger partial charge is 0.323 e. The first-order valence-corrected chi connectivity index (χ1v) is 11.2. The molecule has 2 aromatic carbocycles. The number of nitrogens with zero attached hydrogens (tertiary/aromatic N) is 1. The van der Waals surface area contributed by atoms with Crippen molar-refractivity contribution in [2.45, 2.75) is 38.3 Å². The summed E-state index contributed by atoms with van der Waals surface area (Å²) in [6.07, 6.45) is 4.11. The fourth-order valence-electron chi connectivity index (χ4n) is 4.94. The van der Waals surface area contributed by atoms with E-state index in [1.165, 1.54) is 0 Å². The lowest BCUT2D eigenvalue weighted by Gasteiger charge is -2.26. The number of nitrogens with one attached hydrogen (secondary N) is 1. The van der Waals surface area contributed by atoms with Crippen LogP contribution in [0.3, 0.4) is 0 Å². The van der Waals surface area contributed by atoms with Crippen LogP contribution in [-0.2, 0) is 44.9 Å². The van der Waals surface area contributed by atoms with Crippen LogP contribution < -0.4 is 5.32 Å². The Morgan fingerprint density at radius 1 is 1.12 bits per heavy atom. The molecule has 2 unspecified atom stereocenters. The van der Waals surface area contributed by atoms with E-state index in [1.807, 2.05) is 59.2 Å². The average Bonchev–Trinajstić information content (AvgIpc) is 3.46. The summed E-state index contributed by atoms with van der Waals surface area (Å²) in [6.45, 7) is 0.0870. The third-order valence-electron chi connectivity index (χ3n) is 6.47. The minimum absolute atomic E-state index is 0.0203. The van der Waals surface area contributed by atoms with Gasteiger partial charge in [0.2, 0.25) is 12.7 Å². The molecule has 0 spiro atoms. The Morgan fingerprint density at radius 3 is 2.67 bits per heavy atom. The Kier molecular flexibility index (Phi) is 5.77. The van der Waals surface area contributed by atoms with Gasteiger partial charge in [-0.3, -0.25) is 9.59 Å². The number of ether oxygens (including phenoxy) is 2. The van der Waals surface area contributed by atoms with Crippen molar-refractivity contribution in [3.63, 3.8) is 0 Å². The summed E-state index contributed by atoms with van der Waals surface area (Å²) in [5, 5.41) is 13.6. The maximum atomic E-state index is 13.4. The van der Waals surface area contributed by atoms with E-state index >= 15 is 0 Å². The number of aliphatic carboxylic acids is 1. The van der Waals surface area contributed by atoms with Gasteiger partial charge in [0.25, 0.3) is 0 Å². The molecule has 1 amide bonds. The Bertz CT molecular complexity index is 1210. The Labute approximate surface area is 191 Å². The number of carboxylic acid groups (broad SMARTS) is 1. The highest BCUT2D eigenvalue weighted by Crippen LogP contribution is 2.34. The van der Waals surface area contributed by atoms with E-state index in [9.17, 15) is 14.7 Å². The number of amides is 1. The predicted octanol–water partition coefficient (Wildman–Crippen LogP) is 3.40. The lowest BCUT2D eigenvalue weighted by molar-refractivity contribution is -0.137. The molecule has 2 atom stereocenters. The van der Waals surface area contributed by atoms with Crippen LogP contribution in [0.1, 0.15) is 23.2 Å². The minimum Gasteiger partial charge on any atom is -0.480 e. The van der Waals surface area contributed by atoms with Gasteiger partial charge in [0, 0.05) is 28.9 Å². The third-order valence-corrected chi connectivity index (χ3v) is 6.47. The van der Waals surface area contributed by atoms with Crippen LogP contribution in [0, 0.1) is 5.92 Å². The first kappa shape index (κ1) is 21.1. The Hall–Kier alpha value is -3.74. The SMILES string of the molecule is O=C(O)Cn1c2c(c3ccccc31)CC(C(=O)NC(Cc1ccccc1)C1=COCO1)CC2. The van der Waals surface area contributed by atoms with Crippen LogP contribution in [0.2, 0.25) is 0 Å². The number of hydrogen-bond donors (Lipinski definition) is 2. The number of carbonyl (C=O) groups is 2. The van der Waals surface area contributed by atoms with Crippen LogP contribution in [0.15, 0.2) is 66.6 Å². The van der Waals surface area contributed by atoms with E-state index in [1.54, 1.807) is 6.26 Å². The van der Waals surface area contributed by atoms with Gasteiger partial charge in [-0.25, -0.2) is 0 Å². The second-order valence-electron chi connectivity index (χ2n) is 8.56. The Morgan fingerprint density at radius 2 is 1.91 bits per heavy atom. The number of fused-ring (bicyclic) bond motifs is 3. The van der Waals surface area contributed by atoms with Gasteiger partial charge in [-0.05, 0) is 36.5 Å². The normalized spacial score (nSPS) is 18.1. The fraction of sp³-hybridized carbons (Fsp3) is 0.308. The number of carboxylic acids is 1. The van der Waals surface area contributed by atoms with Crippen molar-refractivity contribution < 1.29 is 24.2 Å². The molecule has 7 heteroatoms. The van der Waals surface area contributed by atoms with Gasteiger partial charge in [-0.1, -0.05) is 48.5 Å². The van der Waals surface area contributed by atoms with Gasteiger partial charge in [0.05, 0.1) is 6.04 Å². The van der Waals surface area contributed by atoms with Gasteiger partial charge in [0.1, 0.15) is 12.8 Å². The molecule has 0 bridgehead atoms. The molecule has 3 aromatic rings. The number of hydrogen-bond acceptors (Lipinski definition) is 4. The number of para-hydroxylation sites is 1. The largest absolute Gasteiger partial charge is 0.480 e. The third kappa shape index (κ3) is 4.31. The molecule has 0 radical (unpaired) electrons. The standard InChI is InChI=1S/C26H26N2O5/c29-25(30)14-28-22-9-5-4-8-19(22)20-13-18(10-11-23(20)28)26(31)27-21(24-15-32-16-33-24)12-17-6-2-1-3-7-17/h1-9,15,18,21H,10-14,16H2,(H,27,31)(H,29,30). The van der Waals surface area contributed by atoms with Gasteiger partial charge >= 0.3 is 5.97 Å². The van der Waals surface area contributed by atoms with Crippen LogP contribution in [0.4, 0.5) is 0 Å². The lowest BCUT2D eigenvalue weighted by atomic mass is 9.85. The molecule has 0 saturated heterocycles. The van der Waals surface area contributed by atoms with E-state index in [0.29, 0.717) is 31.4 Å². The zero-order valence-corrected chi connectivity index (χ0v) is 18.2. The molecule has 170 valence electrons. The summed E-state index contributed by atoms with van der Waals surface area (Å²) in [7, 11) is 0. The molecule has 1 aliphatic heterocycles. The molecule has 2 N–H and O–H groups in total. The summed E-state index contributed by atoms with van der Waals surface area (Å²) >= 11 is 0. The highest BCUT2D eigenvalue weighted by molar-refractivity contribution is 5.88. The number of rotatable bonds is 7. The molecule has 5 rings (SSSR count). The van der Waals surface area contributed by atoms with Crippen molar-refractivity contribution in [1.82, 2.24) is 9.88 Å².